The number of nitrogens with zero attached hydrogens (tertiary/aromatic N) is 2. The number of amides is 1. The highest BCUT2D eigenvalue weighted by molar-refractivity contribution is 7.99. The van der Waals surface area contributed by atoms with Crippen molar-refractivity contribution in [2.45, 2.75) is 12.1 Å². The number of benzene rings is 2. The van der Waals surface area contributed by atoms with E-state index in [2.05, 4.69) is 20.4 Å². The van der Waals surface area contributed by atoms with E-state index in [1.165, 1.54) is 6.07 Å². The maximum absolute atomic E-state index is 12.5. The number of carbonyl (C=O) groups excluding carboxylic acids is 1. The number of H-pyrrole nitrogens is 1. The van der Waals surface area contributed by atoms with Crippen LogP contribution in [0.2, 0.25) is 0 Å². The molecule has 32 heavy (non-hydrogen) atoms. The highest BCUT2D eigenvalue weighted by Crippen LogP contribution is 2.28. The van der Waals surface area contributed by atoms with E-state index in [0.29, 0.717) is 22.2 Å². The van der Waals surface area contributed by atoms with Crippen LogP contribution in [0.3, 0.4) is 0 Å². The molecule has 2 aromatic heterocycles. The topological polar surface area (TPSA) is 110 Å². The van der Waals surface area contributed by atoms with Crippen molar-refractivity contribution in [3.8, 4) is 28.1 Å². The fraction of sp³-hybridized carbons (Fsp3) is 0.130. The number of ether oxygens (including phenoxy) is 1. The molecular formula is C23H20N4O4S. The zero-order valence-corrected chi connectivity index (χ0v) is 18.2. The summed E-state index contributed by atoms with van der Waals surface area (Å²) < 4.78 is 10.4. The number of hydrogen-bond donors (Lipinski definition) is 2. The summed E-state index contributed by atoms with van der Waals surface area (Å²) in [5.74, 6) is 0.705. The molecule has 0 atom stereocenters. The second-order valence-corrected chi connectivity index (χ2v) is 7.90. The first-order valence-corrected chi connectivity index (χ1v) is 10.7. The fourth-order valence-electron chi connectivity index (χ4n) is 2.98. The summed E-state index contributed by atoms with van der Waals surface area (Å²) in [7, 11) is 1.59. The highest BCUT2D eigenvalue weighted by atomic mass is 32.2. The van der Waals surface area contributed by atoms with Crippen molar-refractivity contribution in [2.75, 3.05) is 18.2 Å². The van der Waals surface area contributed by atoms with Crippen molar-refractivity contribution < 1.29 is 14.1 Å². The molecule has 0 bridgehead atoms. The minimum Gasteiger partial charge on any atom is -0.497 e. The average Bonchev–Trinajstić information content (AvgIpc) is 3.26. The normalized spacial score (nSPS) is 10.7. The molecule has 0 saturated carbocycles. The Bertz CT molecular complexity index is 1280. The summed E-state index contributed by atoms with van der Waals surface area (Å²) in [4.78, 5) is 31.7. The molecule has 0 aliphatic heterocycles. The molecule has 2 aromatic carbocycles. The summed E-state index contributed by atoms with van der Waals surface area (Å²) in [5, 5.41) is 6.86. The van der Waals surface area contributed by atoms with Gasteiger partial charge < -0.3 is 14.2 Å². The van der Waals surface area contributed by atoms with Crippen LogP contribution in [0, 0.1) is 6.92 Å². The first-order valence-electron chi connectivity index (χ1n) is 9.72. The van der Waals surface area contributed by atoms with E-state index in [4.69, 9.17) is 9.26 Å². The van der Waals surface area contributed by atoms with E-state index in [0.717, 1.165) is 28.5 Å². The molecular weight excluding hydrogens is 428 g/mol. The number of aromatic nitrogens is 3. The Morgan fingerprint density at radius 3 is 2.56 bits per heavy atom. The van der Waals surface area contributed by atoms with E-state index in [1.807, 2.05) is 43.3 Å². The lowest BCUT2D eigenvalue weighted by Gasteiger charge is -2.06. The van der Waals surface area contributed by atoms with Crippen LogP contribution in [0.15, 0.2) is 75.3 Å². The van der Waals surface area contributed by atoms with Gasteiger partial charge in [0.15, 0.2) is 5.16 Å². The van der Waals surface area contributed by atoms with Crippen LogP contribution in [-0.2, 0) is 4.79 Å². The lowest BCUT2D eigenvalue weighted by Crippen LogP contribution is -2.15. The van der Waals surface area contributed by atoms with Crippen LogP contribution in [0.4, 0.5) is 5.88 Å². The van der Waals surface area contributed by atoms with Crippen molar-refractivity contribution >= 4 is 23.6 Å². The molecule has 0 radical (unpaired) electrons. The van der Waals surface area contributed by atoms with E-state index in [9.17, 15) is 9.59 Å². The monoisotopic (exact) mass is 448 g/mol. The van der Waals surface area contributed by atoms with Gasteiger partial charge in [0, 0.05) is 11.6 Å². The molecule has 0 saturated heterocycles. The number of methoxy groups -OCH3 is 1. The van der Waals surface area contributed by atoms with Gasteiger partial charge in [-0.2, -0.15) is 0 Å². The van der Waals surface area contributed by atoms with E-state index >= 15 is 0 Å². The van der Waals surface area contributed by atoms with Crippen molar-refractivity contribution in [3.05, 3.63) is 76.7 Å². The largest absolute Gasteiger partial charge is 0.497 e. The van der Waals surface area contributed by atoms with Gasteiger partial charge in [-0.15, -0.1) is 0 Å². The van der Waals surface area contributed by atoms with Gasteiger partial charge >= 0.3 is 0 Å². The second kappa shape index (κ2) is 9.52. The minimum absolute atomic E-state index is 0.0308. The number of nitrogens with one attached hydrogen (secondary N) is 2. The molecule has 2 heterocycles. The lowest BCUT2D eigenvalue weighted by molar-refractivity contribution is -0.113. The van der Waals surface area contributed by atoms with E-state index in [-0.39, 0.29) is 23.1 Å². The summed E-state index contributed by atoms with van der Waals surface area (Å²) >= 11 is 1.12. The standard InChI is InChI=1S/C23H20N4O4S/c1-14-3-5-15(6-4-14)18-12-24-31-22(18)26-21(29)13-32-23-25-19(11-20(28)27-23)16-7-9-17(30-2)10-8-16/h3-12H,13H2,1-2H3,(H,26,29)(H,25,27,28). The van der Waals surface area contributed by atoms with Crippen molar-refractivity contribution in [2.24, 2.45) is 0 Å². The Hall–Kier alpha value is -3.85. The molecule has 0 unspecified atom stereocenters. The van der Waals surface area contributed by atoms with Gasteiger partial charge in [-0.05, 0) is 36.8 Å². The quantitative estimate of drug-likeness (QED) is 0.323. The minimum atomic E-state index is -0.308. The molecule has 4 aromatic rings. The summed E-state index contributed by atoms with van der Waals surface area (Å²) in [6.07, 6.45) is 1.56. The predicted molar refractivity (Wildman–Crippen MR) is 123 cm³/mol. The van der Waals surface area contributed by atoms with Gasteiger partial charge in [0.05, 0.1) is 30.3 Å². The van der Waals surface area contributed by atoms with Gasteiger partial charge in [0.2, 0.25) is 11.8 Å². The third-order valence-electron chi connectivity index (χ3n) is 4.63. The molecule has 162 valence electrons. The number of anilines is 1. The molecule has 0 fully saturated rings. The zero-order chi connectivity index (χ0) is 22.5. The van der Waals surface area contributed by atoms with E-state index in [1.54, 1.807) is 25.4 Å². The van der Waals surface area contributed by atoms with Crippen molar-refractivity contribution in [1.82, 2.24) is 15.1 Å². The summed E-state index contributed by atoms with van der Waals surface area (Å²) in [6.45, 7) is 2.00. The number of aromatic amines is 1. The fourth-order valence-corrected chi connectivity index (χ4v) is 3.65. The van der Waals surface area contributed by atoms with Crippen LogP contribution in [0.25, 0.3) is 22.4 Å². The SMILES string of the molecule is COc1ccc(-c2cc(=O)[nH]c(SCC(=O)Nc3oncc3-c3ccc(C)cc3)n2)cc1. The highest BCUT2D eigenvalue weighted by Gasteiger charge is 2.14. The van der Waals surface area contributed by atoms with Crippen LogP contribution in [0.1, 0.15) is 5.56 Å². The molecule has 0 aliphatic carbocycles. The second-order valence-electron chi connectivity index (χ2n) is 6.94. The van der Waals surface area contributed by atoms with Gasteiger partial charge in [-0.25, -0.2) is 4.98 Å². The molecule has 0 aliphatic rings. The Labute approximate surface area is 188 Å². The third-order valence-corrected chi connectivity index (χ3v) is 5.50. The summed E-state index contributed by atoms with van der Waals surface area (Å²) in [6, 6.07) is 16.5. The molecule has 1 amide bonds. The Balaban J connectivity index is 1.44. The predicted octanol–water partition coefficient (Wildman–Crippen LogP) is 4.14. The molecule has 8 nitrogen and oxygen atoms in total. The van der Waals surface area contributed by atoms with Crippen LogP contribution in [0.5, 0.6) is 5.75 Å². The third kappa shape index (κ3) is 5.06. The van der Waals surface area contributed by atoms with Gasteiger partial charge in [-0.1, -0.05) is 46.7 Å². The van der Waals surface area contributed by atoms with Crippen molar-refractivity contribution in [1.29, 1.82) is 0 Å². The number of hydrogen-bond acceptors (Lipinski definition) is 7. The molecule has 4 rings (SSSR count). The van der Waals surface area contributed by atoms with Crippen LogP contribution >= 0.6 is 11.8 Å². The molecule has 2 N–H and O–H groups in total. The van der Waals surface area contributed by atoms with Gasteiger partial charge in [-0.3, -0.25) is 14.9 Å². The molecule has 9 heteroatoms. The first-order chi connectivity index (χ1) is 15.5. The van der Waals surface area contributed by atoms with Crippen molar-refractivity contribution in [3.63, 3.8) is 0 Å². The Kier molecular flexibility index (Phi) is 6.37. The number of rotatable bonds is 7. The van der Waals surface area contributed by atoms with Gasteiger partial charge in [0.1, 0.15) is 5.75 Å². The first kappa shape index (κ1) is 21.4. The maximum Gasteiger partial charge on any atom is 0.252 e. The Morgan fingerprint density at radius 1 is 1.12 bits per heavy atom. The maximum atomic E-state index is 12.5. The van der Waals surface area contributed by atoms with E-state index < -0.39 is 0 Å². The number of aryl methyl sites for hydroxylation is 1. The van der Waals surface area contributed by atoms with Gasteiger partial charge in [0.25, 0.3) is 5.56 Å². The Morgan fingerprint density at radius 2 is 1.84 bits per heavy atom. The average molecular weight is 449 g/mol. The van der Waals surface area contributed by atoms with Crippen LogP contribution < -0.4 is 15.6 Å². The zero-order valence-electron chi connectivity index (χ0n) is 17.4. The number of carbonyl (C=O) groups is 1. The summed E-state index contributed by atoms with van der Waals surface area (Å²) in [5.41, 5.74) is 3.69. The van der Waals surface area contributed by atoms with Crippen LogP contribution in [-0.4, -0.2) is 33.9 Å². The lowest BCUT2D eigenvalue weighted by atomic mass is 10.1. The smallest absolute Gasteiger partial charge is 0.252 e. The molecule has 0 spiro atoms. The number of thioether (sulfide) groups is 1.